The fourth-order valence-electron chi connectivity index (χ4n) is 1.52. The van der Waals surface area contributed by atoms with Gasteiger partial charge in [-0.3, -0.25) is 4.79 Å². The molecule has 0 unspecified atom stereocenters. The van der Waals surface area contributed by atoms with E-state index >= 15 is 0 Å². The smallest absolute Gasteiger partial charge is 0.328 e. The van der Waals surface area contributed by atoms with Crippen molar-refractivity contribution in [3.63, 3.8) is 0 Å². The molecule has 0 aromatic heterocycles. The molecule has 0 aliphatic rings. The molecule has 110 valence electrons. The van der Waals surface area contributed by atoms with Crippen LogP contribution in [-0.2, 0) is 4.79 Å². The number of hydrogen-bond acceptors (Lipinski definition) is 6. The Morgan fingerprint density at radius 1 is 1.35 bits per heavy atom. The van der Waals surface area contributed by atoms with Crippen LogP contribution in [0.3, 0.4) is 0 Å². The third kappa shape index (κ3) is 4.54. The van der Waals surface area contributed by atoms with Gasteiger partial charge in [0.2, 0.25) is 0 Å². The van der Waals surface area contributed by atoms with E-state index in [4.69, 9.17) is 15.2 Å². The zero-order valence-electron chi connectivity index (χ0n) is 11.8. The largest absolute Gasteiger partial charge is 0.493 e. The fraction of sp³-hybridized carbons (Fsp3) is 0.429. The Kier molecular flexibility index (Phi) is 6.54. The Balaban J connectivity index is 2.81. The van der Waals surface area contributed by atoms with Crippen LogP contribution in [0.1, 0.15) is 23.7 Å². The van der Waals surface area contributed by atoms with E-state index in [0.717, 1.165) is 5.75 Å². The number of rotatable bonds is 7. The number of methoxy groups -OCH3 is 1. The number of carbonyl (C=O) groups is 2. The fourth-order valence-corrected chi connectivity index (χ4v) is 2.01. The molecule has 0 amide bonds. The van der Waals surface area contributed by atoms with E-state index in [1.165, 1.54) is 20.1 Å². The van der Waals surface area contributed by atoms with Crippen LogP contribution in [0.15, 0.2) is 18.2 Å². The van der Waals surface area contributed by atoms with Crippen molar-refractivity contribution in [1.29, 1.82) is 0 Å². The van der Waals surface area contributed by atoms with Gasteiger partial charge in [0.25, 0.3) is 0 Å². The molecule has 0 aliphatic heterocycles. The van der Waals surface area contributed by atoms with Crippen LogP contribution in [0, 0.1) is 0 Å². The second-order valence-electron chi connectivity index (χ2n) is 4.23. The SMILES string of the molecule is COc1cc(C(C)=O)ccc1OC(=O)[C@@H](N)CCSC. The van der Waals surface area contributed by atoms with Gasteiger partial charge in [-0.2, -0.15) is 11.8 Å². The van der Waals surface area contributed by atoms with Gasteiger partial charge < -0.3 is 15.2 Å². The minimum atomic E-state index is -0.667. The van der Waals surface area contributed by atoms with Gasteiger partial charge in [-0.1, -0.05) is 0 Å². The van der Waals surface area contributed by atoms with Crippen molar-refractivity contribution in [3.8, 4) is 11.5 Å². The predicted molar refractivity (Wildman–Crippen MR) is 79.6 cm³/mol. The van der Waals surface area contributed by atoms with E-state index in [-0.39, 0.29) is 11.5 Å². The molecule has 1 aromatic rings. The Morgan fingerprint density at radius 2 is 2.05 bits per heavy atom. The average Bonchev–Trinajstić information content (AvgIpc) is 2.44. The number of thioether (sulfide) groups is 1. The molecule has 0 spiro atoms. The molecule has 0 aliphatic carbocycles. The average molecular weight is 297 g/mol. The van der Waals surface area contributed by atoms with E-state index in [1.807, 2.05) is 6.26 Å². The number of benzene rings is 1. The highest BCUT2D eigenvalue weighted by Crippen LogP contribution is 2.28. The molecule has 0 bridgehead atoms. The highest BCUT2D eigenvalue weighted by atomic mass is 32.2. The quantitative estimate of drug-likeness (QED) is 0.470. The highest BCUT2D eigenvalue weighted by molar-refractivity contribution is 7.98. The maximum Gasteiger partial charge on any atom is 0.328 e. The minimum absolute atomic E-state index is 0.0853. The normalized spacial score (nSPS) is 11.8. The topological polar surface area (TPSA) is 78.6 Å². The van der Waals surface area contributed by atoms with Crippen LogP contribution in [0.25, 0.3) is 0 Å². The number of carbonyl (C=O) groups excluding carboxylic acids is 2. The molecular weight excluding hydrogens is 278 g/mol. The first kappa shape index (κ1) is 16.5. The minimum Gasteiger partial charge on any atom is -0.493 e. The van der Waals surface area contributed by atoms with Crippen molar-refractivity contribution in [2.45, 2.75) is 19.4 Å². The maximum atomic E-state index is 11.8. The number of ketones is 1. The Bertz CT molecular complexity index is 490. The molecule has 1 atom stereocenters. The Labute approximate surface area is 122 Å². The van der Waals surface area contributed by atoms with Crippen molar-refractivity contribution in [1.82, 2.24) is 0 Å². The summed E-state index contributed by atoms with van der Waals surface area (Å²) < 4.78 is 10.3. The van der Waals surface area contributed by atoms with Crippen molar-refractivity contribution in [3.05, 3.63) is 23.8 Å². The van der Waals surface area contributed by atoms with Crippen molar-refractivity contribution >= 4 is 23.5 Å². The molecular formula is C14H19NO4S. The van der Waals surface area contributed by atoms with Gasteiger partial charge in [0, 0.05) is 5.56 Å². The Morgan fingerprint density at radius 3 is 2.60 bits per heavy atom. The number of ether oxygens (including phenoxy) is 2. The molecule has 20 heavy (non-hydrogen) atoms. The predicted octanol–water partition coefficient (Wildman–Crippen LogP) is 1.88. The lowest BCUT2D eigenvalue weighted by Gasteiger charge is -2.13. The molecule has 2 N–H and O–H groups in total. The summed E-state index contributed by atoms with van der Waals surface area (Å²) in [6.07, 6.45) is 2.50. The number of hydrogen-bond donors (Lipinski definition) is 1. The van der Waals surface area contributed by atoms with Gasteiger partial charge in [-0.15, -0.1) is 0 Å². The van der Waals surface area contributed by atoms with Crippen LogP contribution in [-0.4, -0.2) is 36.9 Å². The summed E-state index contributed by atoms with van der Waals surface area (Å²) in [4.78, 5) is 23.1. The van der Waals surface area contributed by atoms with Gasteiger partial charge in [0.15, 0.2) is 17.3 Å². The van der Waals surface area contributed by atoms with Crippen molar-refractivity contribution < 1.29 is 19.1 Å². The van der Waals surface area contributed by atoms with E-state index in [1.54, 1.807) is 23.9 Å². The second-order valence-corrected chi connectivity index (χ2v) is 5.22. The van der Waals surface area contributed by atoms with Gasteiger partial charge in [0.05, 0.1) is 7.11 Å². The van der Waals surface area contributed by atoms with Crippen molar-refractivity contribution in [2.75, 3.05) is 19.1 Å². The van der Waals surface area contributed by atoms with E-state index < -0.39 is 12.0 Å². The number of Topliss-reactive ketones (excluding diaryl/α,β-unsaturated/α-hetero) is 1. The summed E-state index contributed by atoms with van der Waals surface area (Å²) >= 11 is 1.62. The lowest BCUT2D eigenvalue weighted by atomic mass is 10.1. The van der Waals surface area contributed by atoms with Crippen LogP contribution < -0.4 is 15.2 Å². The van der Waals surface area contributed by atoms with E-state index in [0.29, 0.717) is 17.7 Å². The lowest BCUT2D eigenvalue weighted by Crippen LogP contribution is -2.34. The van der Waals surface area contributed by atoms with Gasteiger partial charge in [-0.25, -0.2) is 4.79 Å². The first-order valence-corrected chi connectivity index (χ1v) is 7.54. The molecule has 6 heteroatoms. The molecule has 1 rings (SSSR count). The molecule has 0 saturated heterocycles. The standard InChI is InChI=1S/C14H19NO4S/c1-9(16)10-4-5-12(13(8-10)18-2)19-14(17)11(15)6-7-20-3/h4-5,8,11H,6-7,15H2,1-3H3/t11-/m0/s1. The first-order chi connectivity index (χ1) is 9.49. The second kappa shape index (κ2) is 7.91. The van der Waals surface area contributed by atoms with E-state index in [9.17, 15) is 9.59 Å². The van der Waals surface area contributed by atoms with Crippen LogP contribution >= 0.6 is 11.8 Å². The molecule has 5 nitrogen and oxygen atoms in total. The molecule has 0 saturated carbocycles. The summed E-state index contributed by atoms with van der Waals surface area (Å²) in [6, 6.07) is 3.99. The molecule has 0 fully saturated rings. The zero-order valence-corrected chi connectivity index (χ0v) is 12.7. The van der Waals surface area contributed by atoms with Gasteiger partial charge >= 0.3 is 5.97 Å². The van der Waals surface area contributed by atoms with Crippen LogP contribution in [0.5, 0.6) is 11.5 Å². The van der Waals surface area contributed by atoms with Crippen LogP contribution in [0.2, 0.25) is 0 Å². The third-order valence-electron chi connectivity index (χ3n) is 2.72. The van der Waals surface area contributed by atoms with Gasteiger partial charge in [0.1, 0.15) is 6.04 Å². The summed E-state index contributed by atoms with van der Waals surface area (Å²) in [6.45, 7) is 1.46. The zero-order chi connectivity index (χ0) is 15.1. The van der Waals surface area contributed by atoms with Crippen molar-refractivity contribution in [2.24, 2.45) is 5.73 Å². The molecule has 1 aromatic carbocycles. The maximum absolute atomic E-state index is 11.8. The lowest BCUT2D eigenvalue weighted by molar-refractivity contribution is -0.136. The van der Waals surface area contributed by atoms with E-state index in [2.05, 4.69) is 0 Å². The summed E-state index contributed by atoms with van der Waals surface area (Å²) in [5.74, 6) is 0.799. The number of nitrogens with two attached hydrogens (primary N) is 1. The monoisotopic (exact) mass is 297 g/mol. The number of esters is 1. The summed E-state index contributed by atoms with van der Waals surface area (Å²) in [7, 11) is 1.45. The third-order valence-corrected chi connectivity index (χ3v) is 3.36. The highest BCUT2D eigenvalue weighted by Gasteiger charge is 2.18. The molecule has 0 heterocycles. The molecule has 0 radical (unpaired) electrons. The summed E-state index contributed by atoms with van der Waals surface area (Å²) in [5.41, 5.74) is 6.23. The summed E-state index contributed by atoms with van der Waals surface area (Å²) in [5, 5.41) is 0. The van der Waals surface area contributed by atoms with Gasteiger partial charge in [-0.05, 0) is 43.6 Å². The first-order valence-electron chi connectivity index (χ1n) is 6.14. The Hall–Kier alpha value is -1.53. The van der Waals surface area contributed by atoms with Crippen LogP contribution in [0.4, 0.5) is 0 Å².